The number of halogens is 1. The summed E-state index contributed by atoms with van der Waals surface area (Å²) in [6.45, 7) is 8.14. The van der Waals surface area contributed by atoms with Crippen LogP contribution >= 0.6 is 15.9 Å². The van der Waals surface area contributed by atoms with Gasteiger partial charge in [0.05, 0.1) is 13.2 Å². The van der Waals surface area contributed by atoms with E-state index in [9.17, 15) is 0 Å². The van der Waals surface area contributed by atoms with Crippen molar-refractivity contribution >= 4 is 48.5 Å². The van der Waals surface area contributed by atoms with Gasteiger partial charge in [-0.15, -0.1) is 0 Å². The van der Waals surface area contributed by atoms with E-state index in [1.165, 1.54) is 12.8 Å². The minimum Gasteiger partial charge on any atom is -1.00 e. The Morgan fingerprint density at radius 2 is 1.53 bits per heavy atom. The molecule has 0 aliphatic carbocycles. The third kappa shape index (κ3) is 10.3. The zero-order chi connectivity index (χ0) is 10.9. The van der Waals surface area contributed by atoms with Gasteiger partial charge < -0.3 is 12.3 Å². The van der Waals surface area contributed by atoms with E-state index >= 15 is 0 Å². The van der Waals surface area contributed by atoms with Crippen LogP contribution in [-0.2, 0) is 9.47 Å². The van der Waals surface area contributed by atoms with Crippen molar-refractivity contribution in [2.24, 2.45) is 0 Å². The molecule has 0 unspecified atom stereocenters. The Kier molecular flexibility index (Phi) is 14.8. The zero-order valence-electron chi connectivity index (χ0n) is 12.4. The molecule has 0 rings (SSSR count). The minimum absolute atomic E-state index is 0. The molecule has 0 amide bonds. The van der Waals surface area contributed by atoms with Crippen LogP contribution in [-0.4, -0.2) is 50.1 Å². The smallest absolute Gasteiger partial charge is 1.00 e. The van der Waals surface area contributed by atoms with Crippen molar-refractivity contribution in [1.82, 2.24) is 0 Å². The van der Waals surface area contributed by atoms with Gasteiger partial charge in [0, 0.05) is 0 Å². The largest absolute Gasteiger partial charge is 2.00 e. The summed E-state index contributed by atoms with van der Waals surface area (Å²) in [5, 5.41) is 0. The van der Waals surface area contributed by atoms with E-state index in [0.29, 0.717) is 0 Å². The van der Waals surface area contributed by atoms with Crippen molar-refractivity contribution in [3.05, 3.63) is 0 Å². The van der Waals surface area contributed by atoms with Gasteiger partial charge in [0.25, 0.3) is 0 Å². The zero-order valence-corrected chi connectivity index (χ0v) is 14.8. The predicted octanol–water partition coefficient (Wildman–Crippen LogP) is 2.69. The molecule has 2 nitrogen and oxygen atoms in total. The van der Waals surface area contributed by atoms with Crippen molar-refractivity contribution in [2.45, 2.75) is 50.4 Å². The SMILES string of the molecule is CCCCOC(Br)(OCCCC)[SiH2]C.[H-].[H-].[Mg+2]. The Morgan fingerprint density at radius 1 is 1.13 bits per heavy atom. The first-order chi connectivity index (χ1) is 6.68. The summed E-state index contributed by atoms with van der Waals surface area (Å²) in [6.07, 6.45) is 4.56. The standard InChI is InChI=1S/C10H23BrO2Si.Mg.2H/c1-4-6-8-12-10(11,14-3)13-9-7-5-2;;;/h4-9,14H2,1-3H3;;;/q;+2;2*-1. The Morgan fingerprint density at radius 3 is 1.80 bits per heavy atom. The normalized spacial score (nSPS) is 12.0. The van der Waals surface area contributed by atoms with Gasteiger partial charge in [-0.1, -0.05) is 33.2 Å². The molecular formula is C10H25BrMgO2Si. The van der Waals surface area contributed by atoms with Gasteiger partial charge >= 0.3 is 23.1 Å². The molecular weight excluding hydrogens is 284 g/mol. The van der Waals surface area contributed by atoms with E-state index in [0.717, 1.165) is 26.1 Å². The second kappa shape index (κ2) is 11.9. The number of hydrogen-bond acceptors (Lipinski definition) is 2. The van der Waals surface area contributed by atoms with Crippen molar-refractivity contribution in [3.8, 4) is 0 Å². The molecule has 0 spiro atoms. The van der Waals surface area contributed by atoms with Crippen molar-refractivity contribution in [3.63, 3.8) is 0 Å². The van der Waals surface area contributed by atoms with Crippen LogP contribution in [0.25, 0.3) is 0 Å². The van der Waals surface area contributed by atoms with Gasteiger partial charge in [0.1, 0.15) is 9.52 Å². The Bertz CT molecular complexity index is 137. The van der Waals surface area contributed by atoms with Crippen LogP contribution in [0.5, 0.6) is 0 Å². The number of hydrogen-bond donors (Lipinski definition) is 0. The average Bonchev–Trinajstić information content (AvgIpc) is 2.19. The fourth-order valence-electron chi connectivity index (χ4n) is 0.984. The summed E-state index contributed by atoms with van der Waals surface area (Å²) in [4.78, 5) is 0. The van der Waals surface area contributed by atoms with E-state index in [2.05, 4.69) is 36.3 Å². The van der Waals surface area contributed by atoms with Gasteiger partial charge in [-0.25, -0.2) is 0 Å². The molecule has 0 fully saturated rings. The topological polar surface area (TPSA) is 18.5 Å². The van der Waals surface area contributed by atoms with E-state index in [1.54, 1.807) is 0 Å². The van der Waals surface area contributed by atoms with Crippen LogP contribution in [0.4, 0.5) is 0 Å². The molecule has 90 valence electrons. The Hall–Kier alpha value is 1.38. The van der Waals surface area contributed by atoms with Gasteiger partial charge in [-0.05, 0) is 28.8 Å². The first-order valence-electron chi connectivity index (χ1n) is 5.65. The van der Waals surface area contributed by atoms with E-state index < -0.39 is 4.32 Å². The fourth-order valence-corrected chi connectivity index (χ4v) is 2.00. The second-order valence-corrected chi connectivity index (χ2v) is 7.30. The second-order valence-electron chi connectivity index (χ2n) is 3.42. The predicted molar refractivity (Wildman–Crippen MR) is 75.8 cm³/mol. The number of rotatable bonds is 9. The molecule has 0 aromatic carbocycles. The van der Waals surface area contributed by atoms with Gasteiger partial charge in [-0.2, -0.15) is 0 Å². The number of ether oxygens (including phenoxy) is 2. The molecule has 0 radical (unpaired) electrons. The van der Waals surface area contributed by atoms with Crippen molar-refractivity contribution in [2.75, 3.05) is 13.2 Å². The van der Waals surface area contributed by atoms with Crippen LogP contribution < -0.4 is 0 Å². The maximum absolute atomic E-state index is 5.72. The third-order valence-electron chi connectivity index (χ3n) is 2.05. The van der Waals surface area contributed by atoms with Crippen LogP contribution in [0.3, 0.4) is 0 Å². The molecule has 0 saturated heterocycles. The number of unbranched alkanes of at least 4 members (excludes halogenated alkanes) is 2. The van der Waals surface area contributed by atoms with Gasteiger partial charge in [0.2, 0.25) is 0 Å². The van der Waals surface area contributed by atoms with Crippen molar-refractivity contribution in [1.29, 1.82) is 0 Å². The molecule has 0 aromatic heterocycles. The van der Waals surface area contributed by atoms with Crippen LogP contribution in [0, 0.1) is 0 Å². The molecule has 0 aromatic rings. The molecule has 0 N–H and O–H groups in total. The molecule has 5 heteroatoms. The summed E-state index contributed by atoms with van der Waals surface area (Å²) in [6, 6.07) is 0. The van der Waals surface area contributed by atoms with Gasteiger partial charge in [-0.3, -0.25) is 0 Å². The van der Waals surface area contributed by atoms with E-state index in [-0.39, 0.29) is 35.4 Å². The van der Waals surface area contributed by atoms with E-state index in [4.69, 9.17) is 9.47 Å². The molecule has 0 bridgehead atoms. The molecule has 0 aliphatic heterocycles. The summed E-state index contributed by atoms with van der Waals surface area (Å²) in [5.74, 6) is 0. The fraction of sp³-hybridized carbons (Fsp3) is 1.00. The maximum atomic E-state index is 5.72. The Labute approximate surface area is 124 Å². The molecule has 15 heavy (non-hydrogen) atoms. The first-order valence-corrected chi connectivity index (χ1v) is 8.56. The minimum atomic E-state index is -0.405. The molecule has 0 heterocycles. The first kappa shape index (κ1) is 18.7. The Balaban J connectivity index is -0.000000282. The summed E-state index contributed by atoms with van der Waals surface area (Å²) < 4.78 is 11.0. The van der Waals surface area contributed by atoms with Crippen LogP contribution in [0.15, 0.2) is 0 Å². The van der Waals surface area contributed by atoms with Crippen LogP contribution in [0.2, 0.25) is 6.55 Å². The summed E-state index contributed by atoms with van der Waals surface area (Å²) in [7, 11) is -0.352. The monoisotopic (exact) mass is 308 g/mol. The molecule has 0 aliphatic rings. The number of alkyl halides is 1. The van der Waals surface area contributed by atoms with Gasteiger partial charge in [0.15, 0.2) is 4.32 Å². The van der Waals surface area contributed by atoms with E-state index in [1.807, 2.05) is 0 Å². The molecule has 0 atom stereocenters. The van der Waals surface area contributed by atoms with Crippen molar-refractivity contribution < 1.29 is 12.3 Å². The maximum Gasteiger partial charge on any atom is 2.00 e. The van der Waals surface area contributed by atoms with Crippen LogP contribution in [0.1, 0.15) is 42.4 Å². The summed E-state index contributed by atoms with van der Waals surface area (Å²) >= 11 is 3.56. The average molecular weight is 310 g/mol. The quantitative estimate of drug-likeness (QED) is 0.282. The molecule has 0 saturated carbocycles. The third-order valence-corrected chi connectivity index (χ3v) is 5.45. The summed E-state index contributed by atoms with van der Waals surface area (Å²) in [5.41, 5.74) is 0.